The summed E-state index contributed by atoms with van der Waals surface area (Å²) in [5, 5.41) is 1.71. The Bertz CT molecular complexity index is 1190. The minimum Gasteiger partial charge on any atom is -0.369 e. The highest BCUT2D eigenvalue weighted by Crippen LogP contribution is 2.34. The smallest absolute Gasteiger partial charge is 0.221 e. The Kier molecular flexibility index (Phi) is 4.20. The van der Waals surface area contributed by atoms with Gasteiger partial charge in [0.05, 0.1) is 17.6 Å². The van der Waals surface area contributed by atoms with Crippen LogP contribution in [0.15, 0.2) is 55.2 Å². The summed E-state index contributed by atoms with van der Waals surface area (Å²) in [4.78, 5) is 19.0. The number of para-hydroxylation sites is 1. The molecule has 0 aliphatic rings. The van der Waals surface area contributed by atoms with Gasteiger partial charge in [-0.3, -0.25) is 9.78 Å². The van der Waals surface area contributed by atoms with E-state index < -0.39 is 5.91 Å². The molecular formula is C22H18FN3O. The number of primary amides is 1. The second kappa shape index (κ2) is 6.68. The van der Waals surface area contributed by atoms with E-state index in [9.17, 15) is 4.79 Å². The quantitative estimate of drug-likeness (QED) is 0.563. The molecule has 0 radical (unpaired) electrons. The van der Waals surface area contributed by atoms with Gasteiger partial charge in [0.1, 0.15) is 5.82 Å². The third kappa shape index (κ3) is 3.08. The number of hydrogen-bond acceptors (Lipinski definition) is 2. The van der Waals surface area contributed by atoms with Gasteiger partial charge in [-0.2, -0.15) is 0 Å². The molecule has 4 nitrogen and oxygen atoms in total. The first-order chi connectivity index (χ1) is 13.1. The van der Waals surface area contributed by atoms with Crippen LogP contribution in [0, 0.1) is 5.82 Å². The van der Waals surface area contributed by atoms with Gasteiger partial charge < -0.3 is 10.7 Å². The van der Waals surface area contributed by atoms with Gasteiger partial charge >= 0.3 is 0 Å². The lowest BCUT2D eigenvalue weighted by Gasteiger charge is -2.10. The molecule has 0 bridgehead atoms. The molecule has 0 spiro atoms. The van der Waals surface area contributed by atoms with Gasteiger partial charge in [0.25, 0.3) is 0 Å². The van der Waals surface area contributed by atoms with E-state index >= 15 is 4.39 Å². The highest BCUT2D eigenvalue weighted by molar-refractivity contribution is 6.10. The Morgan fingerprint density at radius 3 is 2.85 bits per heavy atom. The first kappa shape index (κ1) is 17.0. The maximum Gasteiger partial charge on any atom is 0.221 e. The lowest BCUT2D eigenvalue weighted by Crippen LogP contribution is -2.14. The lowest BCUT2D eigenvalue weighted by molar-refractivity contribution is -0.117. The van der Waals surface area contributed by atoms with Gasteiger partial charge in [0.2, 0.25) is 5.91 Å². The second-order valence-corrected chi connectivity index (χ2v) is 6.53. The summed E-state index contributed by atoms with van der Waals surface area (Å²) >= 11 is 0. The van der Waals surface area contributed by atoms with Crippen molar-refractivity contribution in [1.82, 2.24) is 9.97 Å². The molecule has 5 heteroatoms. The zero-order valence-corrected chi connectivity index (χ0v) is 14.6. The van der Waals surface area contributed by atoms with Crippen molar-refractivity contribution in [2.75, 3.05) is 0 Å². The van der Waals surface area contributed by atoms with E-state index in [4.69, 9.17) is 5.73 Å². The summed E-state index contributed by atoms with van der Waals surface area (Å²) in [5.74, 6) is -0.840. The normalized spacial score (nSPS) is 11.1. The summed E-state index contributed by atoms with van der Waals surface area (Å²) in [6.45, 7) is 3.73. The Morgan fingerprint density at radius 2 is 2.07 bits per heavy atom. The average molecular weight is 359 g/mol. The van der Waals surface area contributed by atoms with Gasteiger partial charge in [0.15, 0.2) is 0 Å². The molecule has 1 amide bonds. The van der Waals surface area contributed by atoms with Crippen LogP contribution in [0.2, 0.25) is 0 Å². The topological polar surface area (TPSA) is 71.8 Å². The number of nitrogens with one attached hydrogen (secondary N) is 1. The predicted molar refractivity (Wildman–Crippen MR) is 106 cm³/mol. The largest absolute Gasteiger partial charge is 0.369 e. The molecule has 134 valence electrons. The molecule has 0 aliphatic carbocycles. The molecule has 27 heavy (non-hydrogen) atoms. The fourth-order valence-electron chi connectivity index (χ4n) is 3.55. The van der Waals surface area contributed by atoms with Crippen LogP contribution in [0.3, 0.4) is 0 Å². The van der Waals surface area contributed by atoms with Crippen molar-refractivity contribution < 1.29 is 9.18 Å². The van der Waals surface area contributed by atoms with Crippen LogP contribution in [0.1, 0.15) is 22.4 Å². The molecule has 4 rings (SSSR count). The van der Waals surface area contributed by atoms with Crippen LogP contribution in [0.4, 0.5) is 4.39 Å². The second-order valence-electron chi connectivity index (χ2n) is 6.53. The SMILES string of the molecule is C=Cc1cc(Cc2c(F)cc(CC(N)=O)c3[nH]c4ccccc4c23)ccn1. The fraction of sp³-hybridized carbons (Fsp3) is 0.0909. The molecule has 2 aromatic heterocycles. The molecule has 0 saturated carbocycles. The van der Waals surface area contributed by atoms with Crippen molar-refractivity contribution in [1.29, 1.82) is 0 Å². The van der Waals surface area contributed by atoms with Crippen molar-refractivity contribution in [3.63, 3.8) is 0 Å². The number of carbonyl (C=O) groups is 1. The zero-order chi connectivity index (χ0) is 19.0. The molecule has 2 aromatic carbocycles. The van der Waals surface area contributed by atoms with Crippen LogP contribution < -0.4 is 5.73 Å². The molecule has 0 fully saturated rings. The lowest BCUT2D eigenvalue weighted by atomic mass is 9.95. The number of rotatable bonds is 5. The number of carbonyl (C=O) groups excluding carboxylic acids is 1. The molecule has 0 saturated heterocycles. The molecule has 0 aliphatic heterocycles. The third-order valence-electron chi connectivity index (χ3n) is 4.72. The van der Waals surface area contributed by atoms with Crippen molar-refractivity contribution in [3.8, 4) is 0 Å². The molecule has 3 N–H and O–H groups in total. The van der Waals surface area contributed by atoms with Gasteiger partial charge in [-0.15, -0.1) is 0 Å². The summed E-state index contributed by atoms with van der Waals surface area (Å²) < 4.78 is 15.1. The minimum atomic E-state index is -0.494. The molecular weight excluding hydrogens is 341 g/mol. The zero-order valence-electron chi connectivity index (χ0n) is 14.6. The number of halogens is 1. The summed E-state index contributed by atoms with van der Waals surface area (Å²) in [7, 11) is 0. The number of hydrogen-bond donors (Lipinski definition) is 2. The van der Waals surface area contributed by atoms with E-state index in [0.717, 1.165) is 33.1 Å². The molecule has 2 heterocycles. The van der Waals surface area contributed by atoms with Gasteiger partial charge in [-0.05, 0) is 41.5 Å². The Labute approximate surface area is 155 Å². The Hall–Kier alpha value is -3.47. The van der Waals surface area contributed by atoms with E-state index in [1.807, 2.05) is 36.4 Å². The van der Waals surface area contributed by atoms with Crippen molar-refractivity contribution >= 4 is 33.8 Å². The predicted octanol–water partition coefficient (Wildman–Crippen LogP) is 4.12. The van der Waals surface area contributed by atoms with Crippen LogP contribution in [0.25, 0.3) is 27.9 Å². The van der Waals surface area contributed by atoms with Crippen molar-refractivity contribution in [2.24, 2.45) is 5.73 Å². The van der Waals surface area contributed by atoms with Crippen LogP contribution in [0.5, 0.6) is 0 Å². The molecule has 0 atom stereocenters. The maximum absolute atomic E-state index is 15.1. The Morgan fingerprint density at radius 1 is 1.26 bits per heavy atom. The van der Waals surface area contributed by atoms with Crippen molar-refractivity contribution in [2.45, 2.75) is 12.8 Å². The number of fused-ring (bicyclic) bond motifs is 3. The van der Waals surface area contributed by atoms with E-state index in [0.29, 0.717) is 17.5 Å². The number of benzene rings is 2. The first-order valence-electron chi connectivity index (χ1n) is 8.63. The van der Waals surface area contributed by atoms with Gasteiger partial charge in [-0.25, -0.2) is 4.39 Å². The van der Waals surface area contributed by atoms with E-state index in [-0.39, 0.29) is 12.2 Å². The Balaban J connectivity index is 1.97. The molecule has 0 unspecified atom stereocenters. The van der Waals surface area contributed by atoms with Crippen LogP contribution in [-0.2, 0) is 17.6 Å². The van der Waals surface area contributed by atoms with E-state index in [2.05, 4.69) is 16.5 Å². The summed E-state index contributed by atoms with van der Waals surface area (Å²) in [5.41, 5.74) is 9.84. The number of H-pyrrole nitrogens is 1. The summed E-state index contributed by atoms with van der Waals surface area (Å²) in [6, 6.07) is 12.9. The first-order valence-corrected chi connectivity index (χ1v) is 8.63. The van der Waals surface area contributed by atoms with E-state index in [1.165, 1.54) is 6.07 Å². The maximum atomic E-state index is 15.1. The number of nitrogens with zero attached hydrogens (tertiary/aromatic N) is 1. The van der Waals surface area contributed by atoms with Crippen LogP contribution >= 0.6 is 0 Å². The fourth-order valence-corrected chi connectivity index (χ4v) is 3.55. The number of aromatic amines is 1. The van der Waals surface area contributed by atoms with Gasteiger partial charge in [-0.1, -0.05) is 24.8 Å². The molecule has 4 aromatic rings. The minimum absolute atomic E-state index is 0.0175. The number of aromatic nitrogens is 2. The average Bonchev–Trinajstić information content (AvgIpc) is 3.04. The number of pyridine rings is 1. The third-order valence-corrected chi connectivity index (χ3v) is 4.72. The number of amides is 1. The summed E-state index contributed by atoms with van der Waals surface area (Å²) in [6.07, 6.45) is 3.75. The highest BCUT2D eigenvalue weighted by Gasteiger charge is 2.18. The van der Waals surface area contributed by atoms with Crippen molar-refractivity contribution in [3.05, 3.63) is 83.4 Å². The standard InChI is InChI=1S/C22H18FN3O/c1-2-15-9-13(7-8-25-15)10-17-18(23)11-14(12-20(24)27)22-21(17)16-5-3-4-6-19(16)26-22/h2-9,11,26H,1,10,12H2,(H2,24,27). The van der Waals surface area contributed by atoms with Gasteiger partial charge in [0, 0.05) is 34.5 Å². The van der Waals surface area contributed by atoms with Crippen LogP contribution in [-0.4, -0.2) is 15.9 Å². The monoisotopic (exact) mass is 359 g/mol. The van der Waals surface area contributed by atoms with E-state index in [1.54, 1.807) is 12.3 Å². The number of nitrogens with two attached hydrogens (primary N) is 1. The highest BCUT2D eigenvalue weighted by atomic mass is 19.1.